The maximum atomic E-state index is 10.7. The Morgan fingerprint density at radius 2 is 2.10 bits per heavy atom. The molecule has 0 fully saturated rings. The van der Waals surface area contributed by atoms with Crippen molar-refractivity contribution in [3.05, 3.63) is 68.2 Å². The molecule has 0 aliphatic carbocycles. The van der Waals surface area contributed by atoms with E-state index in [2.05, 4.69) is 21.2 Å². The molecular weight excluding hydrogens is 336 g/mol. The fraction of sp³-hybridized carbons (Fsp3) is 0.200. The first-order valence-corrected chi connectivity index (χ1v) is 7.18. The molecule has 0 radical (unpaired) electrons. The summed E-state index contributed by atoms with van der Waals surface area (Å²) in [5, 5.41) is 13.8. The van der Waals surface area contributed by atoms with Gasteiger partial charge in [-0.3, -0.25) is 10.1 Å². The number of ether oxygens (including phenoxy) is 1. The van der Waals surface area contributed by atoms with Gasteiger partial charge in [0, 0.05) is 28.7 Å². The molecule has 0 aromatic heterocycles. The number of rotatable bonds is 6. The number of halogens is 1. The van der Waals surface area contributed by atoms with Crippen molar-refractivity contribution in [3.63, 3.8) is 0 Å². The van der Waals surface area contributed by atoms with Crippen molar-refractivity contribution in [2.24, 2.45) is 0 Å². The first-order chi connectivity index (χ1) is 10.1. The Bertz CT molecular complexity index is 647. The highest BCUT2D eigenvalue weighted by molar-refractivity contribution is 9.10. The molecule has 2 aromatic carbocycles. The fourth-order valence-electron chi connectivity index (χ4n) is 1.88. The van der Waals surface area contributed by atoms with Gasteiger partial charge in [0.25, 0.3) is 5.69 Å². The summed E-state index contributed by atoms with van der Waals surface area (Å²) in [5.74, 6) is 0.771. The fourth-order valence-corrected chi connectivity index (χ4v) is 2.36. The van der Waals surface area contributed by atoms with Crippen molar-refractivity contribution < 1.29 is 9.66 Å². The first kappa shape index (κ1) is 15.5. The predicted molar refractivity (Wildman–Crippen MR) is 84.3 cm³/mol. The lowest BCUT2D eigenvalue weighted by molar-refractivity contribution is -0.384. The van der Waals surface area contributed by atoms with E-state index >= 15 is 0 Å². The summed E-state index contributed by atoms with van der Waals surface area (Å²) in [6.07, 6.45) is 0. The summed E-state index contributed by atoms with van der Waals surface area (Å²) < 4.78 is 6.40. The van der Waals surface area contributed by atoms with Crippen LogP contribution in [0.25, 0.3) is 0 Å². The first-order valence-electron chi connectivity index (χ1n) is 6.39. The van der Waals surface area contributed by atoms with Crippen molar-refractivity contribution in [3.8, 4) is 5.75 Å². The Morgan fingerprint density at radius 1 is 1.29 bits per heavy atom. The summed E-state index contributed by atoms with van der Waals surface area (Å²) in [4.78, 5) is 10.3. The second-order valence-corrected chi connectivity index (χ2v) is 5.35. The Labute approximate surface area is 131 Å². The Hall–Kier alpha value is -1.92. The number of nitrogens with one attached hydrogen (secondary N) is 1. The number of non-ortho nitro benzene ring substituents is 1. The van der Waals surface area contributed by atoms with Gasteiger partial charge in [0.1, 0.15) is 12.4 Å². The molecule has 0 atom stereocenters. The number of nitrogens with zero attached hydrogens (tertiary/aromatic N) is 1. The molecule has 5 nitrogen and oxygen atoms in total. The lowest BCUT2D eigenvalue weighted by atomic mass is 10.2. The second-order valence-electron chi connectivity index (χ2n) is 4.50. The van der Waals surface area contributed by atoms with E-state index in [1.807, 2.05) is 31.3 Å². The van der Waals surface area contributed by atoms with Gasteiger partial charge in [-0.15, -0.1) is 0 Å². The molecule has 0 spiro atoms. The largest absolute Gasteiger partial charge is 0.489 e. The number of benzene rings is 2. The van der Waals surface area contributed by atoms with Gasteiger partial charge >= 0.3 is 0 Å². The molecule has 2 aromatic rings. The zero-order valence-electron chi connectivity index (χ0n) is 11.5. The summed E-state index contributed by atoms with van der Waals surface area (Å²) >= 11 is 3.33. The van der Waals surface area contributed by atoms with Crippen molar-refractivity contribution in [1.29, 1.82) is 0 Å². The van der Waals surface area contributed by atoms with Gasteiger partial charge in [-0.2, -0.15) is 0 Å². The zero-order valence-corrected chi connectivity index (χ0v) is 13.1. The average Bonchev–Trinajstić information content (AvgIpc) is 2.46. The molecule has 0 unspecified atom stereocenters. The maximum absolute atomic E-state index is 10.7. The minimum absolute atomic E-state index is 0.0571. The van der Waals surface area contributed by atoms with Crippen molar-refractivity contribution >= 4 is 21.6 Å². The molecule has 0 saturated heterocycles. The maximum Gasteiger partial charge on any atom is 0.270 e. The minimum Gasteiger partial charge on any atom is -0.489 e. The van der Waals surface area contributed by atoms with Crippen molar-refractivity contribution in [2.75, 3.05) is 7.05 Å². The molecule has 110 valence electrons. The molecule has 1 N–H and O–H groups in total. The van der Waals surface area contributed by atoms with Gasteiger partial charge in [-0.25, -0.2) is 0 Å². The van der Waals surface area contributed by atoms with Gasteiger partial charge in [0.05, 0.1) is 4.92 Å². The van der Waals surface area contributed by atoms with Gasteiger partial charge in [0.15, 0.2) is 0 Å². The number of hydrogen-bond donors (Lipinski definition) is 1. The summed E-state index contributed by atoms with van der Waals surface area (Å²) in [7, 11) is 1.89. The molecular formula is C15H15BrN2O3. The molecule has 21 heavy (non-hydrogen) atoms. The molecule has 0 aliphatic heterocycles. The van der Waals surface area contributed by atoms with Gasteiger partial charge in [0.2, 0.25) is 0 Å². The highest BCUT2D eigenvalue weighted by Gasteiger charge is 2.09. The third-order valence-electron chi connectivity index (χ3n) is 2.92. The van der Waals surface area contributed by atoms with E-state index in [-0.39, 0.29) is 5.69 Å². The predicted octanol–water partition coefficient (Wildman–Crippen LogP) is 3.66. The van der Waals surface area contributed by atoms with Crippen LogP contribution < -0.4 is 10.1 Å². The topological polar surface area (TPSA) is 64.4 Å². The third-order valence-corrected chi connectivity index (χ3v) is 3.66. The molecule has 0 saturated carbocycles. The third kappa shape index (κ3) is 4.27. The van der Waals surface area contributed by atoms with Crippen LogP contribution in [0.3, 0.4) is 0 Å². The SMILES string of the molecule is CNCc1cccc(OCc2ccc([N+](=O)[O-])cc2Br)c1. The van der Waals surface area contributed by atoms with E-state index in [1.54, 1.807) is 6.07 Å². The van der Waals surface area contributed by atoms with E-state index < -0.39 is 4.92 Å². The van der Waals surface area contributed by atoms with Crippen LogP contribution in [0.15, 0.2) is 46.9 Å². The quantitative estimate of drug-likeness (QED) is 0.637. The number of hydrogen-bond acceptors (Lipinski definition) is 4. The number of nitro groups is 1. The highest BCUT2D eigenvalue weighted by Crippen LogP contribution is 2.24. The van der Waals surface area contributed by atoms with Crippen LogP contribution in [0.1, 0.15) is 11.1 Å². The van der Waals surface area contributed by atoms with Crippen LogP contribution in [0.5, 0.6) is 5.75 Å². The molecule has 0 aliphatic rings. The highest BCUT2D eigenvalue weighted by atomic mass is 79.9. The normalized spacial score (nSPS) is 10.4. The van der Waals surface area contributed by atoms with Gasteiger partial charge in [-0.05, 0) is 30.8 Å². The van der Waals surface area contributed by atoms with E-state index in [0.29, 0.717) is 11.1 Å². The minimum atomic E-state index is -0.420. The monoisotopic (exact) mass is 350 g/mol. The molecule has 6 heteroatoms. The smallest absolute Gasteiger partial charge is 0.270 e. The summed E-state index contributed by atoms with van der Waals surface area (Å²) in [6, 6.07) is 12.5. The lowest BCUT2D eigenvalue weighted by Gasteiger charge is -2.09. The van der Waals surface area contributed by atoms with Crippen LogP contribution >= 0.6 is 15.9 Å². The summed E-state index contributed by atoms with van der Waals surface area (Å²) in [5.41, 5.74) is 2.05. The average molecular weight is 351 g/mol. The van der Waals surface area contributed by atoms with Crippen LogP contribution in [-0.4, -0.2) is 12.0 Å². The Kier molecular flexibility index (Phi) is 5.30. The Morgan fingerprint density at radius 3 is 2.76 bits per heavy atom. The summed E-state index contributed by atoms with van der Waals surface area (Å²) in [6.45, 7) is 1.13. The van der Waals surface area contributed by atoms with E-state index in [0.717, 1.165) is 23.4 Å². The van der Waals surface area contributed by atoms with Crippen molar-refractivity contribution in [2.45, 2.75) is 13.2 Å². The van der Waals surface area contributed by atoms with Crippen LogP contribution in [0, 0.1) is 10.1 Å². The van der Waals surface area contributed by atoms with Gasteiger partial charge in [-0.1, -0.05) is 28.1 Å². The molecule has 0 amide bonds. The number of nitro benzene ring substituents is 1. The lowest BCUT2D eigenvalue weighted by Crippen LogP contribution is -2.05. The molecule has 2 rings (SSSR count). The standard InChI is InChI=1S/C15H15BrN2O3/c1-17-9-11-3-2-4-14(7-11)21-10-12-5-6-13(18(19)20)8-15(12)16/h2-8,17H,9-10H2,1H3. The van der Waals surface area contributed by atoms with E-state index in [1.165, 1.54) is 12.1 Å². The van der Waals surface area contributed by atoms with E-state index in [4.69, 9.17) is 4.74 Å². The van der Waals surface area contributed by atoms with Crippen LogP contribution in [-0.2, 0) is 13.2 Å². The zero-order chi connectivity index (χ0) is 15.2. The van der Waals surface area contributed by atoms with Crippen molar-refractivity contribution in [1.82, 2.24) is 5.32 Å². The van der Waals surface area contributed by atoms with Crippen LogP contribution in [0.4, 0.5) is 5.69 Å². The van der Waals surface area contributed by atoms with Crippen LogP contribution in [0.2, 0.25) is 0 Å². The van der Waals surface area contributed by atoms with E-state index in [9.17, 15) is 10.1 Å². The molecule has 0 heterocycles. The molecule has 0 bridgehead atoms. The van der Waals surface area contributed by atoms with Gasteiger partial charge < -0.3 is 10.1 Å². The second kappa shape index (κ2) is 7.19. The Balaban J connectivity index is 2.06.